The molecule has 0 spiro atoms. The minimum atomic E-state index is -0.536. The fraction of sp³-hybridized carbons (Fsp3) is 0.769. The molecule has 0 saturated heterocycles. The number of nitrogens with zero attached hydrogens (tertiary/aromatic N) is 1. The summed E-state index contributed by atoms with van der Waals surface area (Å²) in [7, 11) is 5.09. The molecule has 128 valence electrons. The number of ether oxygens (including phenoxy) is 3. The summed E-state index contributed by atoms with van der Waals surface area (Å²) in [5.41, 5.74) is 0. The van der Waals surface area contributed by atoms with Gasteiger partial charge in [-0.15, -0.1) is 0 Å². The molecule has 0 aromatic heterocycles. The second kappa shape index (κ2) is 11.9. The van der Waals surface area contributed by atoms with Gasteiger partial charge in [-0.3, -0.25) is 19.3 Å². The number of methoxy groups -OCH3 is 3. The van der Waals surface area contributed by atoms with Gasteiger partial charge in [0.05, 0.1) is 54.6 Å². The number of hydrogen-bond acceptors (Lipinski definition) is 9. The highest BCUT2D eigenvalue weighted by Crippen LogP contribution is 2.11. The van der Waals surface area contributed by atoms with Gasteiger partial charge in [0.15, 0.2) is 0 Å². The van der Waals surface area contributed by atoms with Gasteiger partial charge in [0.25, 0.3) is 0 Å². The molecule has 0 heterocycles. The second-order valence-corrected chi connectivity index (χ2v) is 4.27. The van der Waals surface area contributed by atoms with Gasteiger partial charge in [-0.2, -0.15) is 0 Å². The number of hydrogen-bond donors (Lipinski definition) is 0. The minimum absolute atomic E-state index is 0.0163. The first-order valence-corrected chi connectivity index (χ1v) is 6.58. The van der Waals surface area contributed by atoms with Gasteiger partial charge in [-0.25, -0.2) is 9.78 Å². The van der Waals surface area contributed by atoms with Crippen LogP contribution in [0.4, 0.5) is 0 Å². The average Bonchev–Trinajstić information content (AvgIpc) is 2.52. The van der Waals surface area contributed by atoms with Crippen molar-refractivity contribution in [2.45, 2.75) is 18.9 Å². The SMILES string of the molecule is COOCCC(CC(=O)OC)N(CC(=O)OC)CC(=O)OC. The Labute approximate surface area is 129 Å². The van der Waals surface area contributed by atoms with Crippen molar-refractivity contribution in [2.75, 3.05) is 48.1 Å². The van der Waals surface area contributed by atoms with Gasteiger partial charge < -0.3 is 14.2 Å². The highest BCUT2D eigenvalue weighted by molar-refractivity contribution is 5.75. The number of rotatable bonds is 11. The summed E-state index contributed by atoms with van der Waals surface area (Å²) in [5.74, 6) is -1.54. The summed E-state index contributed by atoms with van der Waals surface area (Å²) < 4.78 is 13.8. The van der Waals surface area contributed by atoms with Crippen molar-refractivity contribution in [3.05, 3.63) is 0 Å². The van der Waals surface area contributed by atoms with Crippen LogP contribution >= 0.6 is 0 Å². The third-order valence-electron chi connectivity index (χ3n) is 2.92. The van der Waals surface area contributed by atoms with E-state index in [-0.39, 0.29) is 26.1 Å². The molecule has 0 aromatic rings. The smallest absolute Gasteiger partial charge is 0.319 e. The molecular weight excluding hydrogens is 298 g/mol. The molecule has 0 radical (unpaired) electrons. The summed E-state index contributed by atoms with van der Waals surface area (Å²) in [6.07, 6.45) is 0.328. The first-order chi connectivity index (χ1) is 10.5. The molecule has 0 aromatic carbocycles. The van der Waals surface area contributed by atoms with Crippen LogP contribution in [0.25, 0.3) is 0 Å². The predicted octanol–water partition coefficient (Wildman–Crippen LogP) is -0.466. The van der Waals surface area contributed by atoms with Crippen LogP contribution in [0.3, 0.4) is 0 Å². The minimum Gasteiger partial charge on any atom is -0.469 e. The quantitative estimate of drug-likeness (QED) is 0.164. The summed E-state index contributed by atoms with van der Waals surface area (Å²) in [4.78, 5) is 45.3. The molecule has 9 nitrogen and oxygen atoms in total. The second-order valence-electron chi connectivity index (χ2n) is 4.27. The van der Waals surface area contributed by atoms with Crippen LogP contribution < -0.4 is 0 Å². The lowest BCUT2D eigenvalue weighted by Gasteiger charge is -2.28. The Morgan fingerprint density at radius 3 is 1.77 bits per heavy atom. The highest BCUT2D eigenvalue weighted by atomic mass is 17.2. The zero-order chi connectivity index (χ0) is 17.0. The first kappa shape index (κ1) is 20.3. The topological polar surface area (TPSA) is 101 Å². The molecule has 22 heavy (non-hydrogen) atoms. The lowest BCUT2D eigenvalue weighted by atomic mass is 10.1. The van der Waals surface area contributed by atoms with E-state index in [4.69, 9.17) is 4.89 Å². The van der Waals surface area contributed by atoms with Gasteiger partial charge in [0.1, 0.15) is 0 Å². The molecule has 9 heteroatoms. The fourth-order valence-electron chi connectivity index (χ4n) is 1.73. The first-order valence-electron chi connectivity index (χ1n) is 6.58. The molecule has 0 amide bonds. The van der Waals surface area contributed by atoms with E-state index >= 15 is 0 Å². The van der Waals surface area contributed by atoms with E-state index < -0.39 is 23.9 Å². The monoisotopic (exact) mass is 321 g/mol. The lowest BCUT2D eigenvalue weighted by molar-refractivity contribution is -0.274. The molecule has 0 aliphatic rings. The van der Waals surface area contributed by atoms with Gasteiger partial charge >= 0.3 is 17.9 Å². The van der Waals surface area contributed by atoms with E-state index in [1.807, 2.05) is 0 Å². The standard InChI is InChI=1S/C13H23NO8/c1-18-11(15)7-10(5-6-22-21-4)14(8-12(16)19-2)9-13(17)20-3/h10H,5-9H2,1-4H3. The molecule has 1 atom stereocenters. The largest absolute Gasteiger partial charge is 0.469 e. The van der Waals surface area contributed by atoms with Crippen LogP contribution in [0.15, 0.2) is 0 Å². The molecule has 0 bridgehead atoms. The van der Waals surface area contributed by atoms with E-state index in [0.29, 0.717) is 6.42 Å². The maximum atomic E-state index is 11.5. The molecule has 0 aliphatic carbocycles. The number of carbonyl (C=O) groups is 3. The Morgan fingerprint density at radius 1 is 0.864 bits per heavy atom. The molecule has 0 saturated carbocycles. The summed E-state index contributed by atoms with van der Waals surface area (Å²) in [6.45, 7) is -0.155. The van der Waals surface area contributed by atoms with Crippen molar-refractivity contribution in [1.82, 2.24) is 4.90 Å². The van der Waals surface area contributed by atoms with E-state index in [9.17, 15) is 14.4 Å². The maximum Gasteiger partial charge on any atom is 0.319 e. The number of esters is 3. The molecule has 0 rings (SSSR count). The Bertz CT molecular complexity index is 342. The predicted molar refractivity (Wildman–Crippen MR) is 73.6 cm³/mol. The van der Waals surface area contributed by atoms with E-state index in [1.54, 1.807) is 0 Å². The Morgan fingerprint density at radius 2 is 1.36 bits per heavy atom. The van der Waals surface area contributed by atoms with Crippen molar-refractivity contribution in [3.8, 4) is 0 Å². The summed E-state index contributed by atoms with van der Waals surface area (Å²) in [6, 6.07) is -0.471. The van der Waals surface area contributed by atoms with Crippen molar-refractivity contribution < 1.29 is 38.4 Å². The van der Waals surface area contributed by atoms with Crippen molar-refractivity contribution >= 4 is 17.9 Å². The maximum absolute atomic E-state index is 11.5. The van der Waals surface area contributed by atoms with E-state index in [2.05, 4.69) is 19.1 Å². The zero-order valence-corrected chi connectivity index (χ0v) is 13.3. The van der Waals surface area contributed by atoms with Gasteiger partial charge in [0.2, 0.25) is 0 Å². The summed E-state index contributed by atoms with van der Waals surface area (Å²) >= 11 is 0. The van der Waals surface area contributed by atoms with Gasteiger partial charge in [-0.1, -0.05) is 0 Å². The third kappa shape index (κ3) is 8.55. The fourth-order valence-corrected chi connectivity index (χ4v) is 1.73. The van der Waals surface area contributed by atoms with Crippen LogP contribution in [-0.4, -0.2) is 77.0 Å². The zero-order valence-electron chi connectivity index (χ0n) is 13.3. The third-order valence-corrected chi connectivity index (χ3v) is 2.92. The number of carbonyl (C=O) groups excluding carboxylic acids is 3. The van der Waals surface area contributed by atoms with Crippen molar-refractivity contribution in [3.63, 3.8) is 0 Å². The van der Waals surface area contributed by atoms with Crippen LogP contribution in [0.1, 0.15) is 12.8 Å². The van der Waals surface area contributed by atoms with Crippen LogP contribution in [0, 0.1) is 0 Å². The van der Waals surface area contributed by atoms with Gasteiger partial charge in [-0.05, 0) is 6.42 Å². The molecule has 0 fully saturated rings. The normalized spacial score (nSPS) is 11.9. The Hall–Kier alpha value is -1.71. The molecule has 1 unspecified atom stereocenters. The van der Waals surface area contributed by atoms with Crippen molar-refractivity contribution in [1.29, 1.82) is 0 Å². The van der Waals surface area contributed by atoms with E-state index in [0.717, 1.165) is 0 Å². The van der Waals surface area contributed by atoms with E-state index in [1.165, 1.54) is 33.3 Å². The van der Waals surface area contributed by atoms with Crippen LogP contribution in [0.2, 0.25) is 0 Å². The van der Waals surface area contributed by atoms with Crippen LogP contribution in [-0.2, 0) is 38.4 Å². The Kier molecular flexibility index (Phi) is 11.0. The Balaban J connectivity index is 4.97. The average molecular weight is 321 g/mol. The lowest BCUT2D eigenvalue weighted by Crippen LogP contribution is -2.44. The van der Waals surface area contributed by atoms with Gasteiger partial charge in [0, 0.05) is 6.04 Å². The molecule has 0 N–H and O–H groups in total. The molecular formula is C13H23NO8. The van der Waals surface area contributed by atoms with Crippen molar-refractivity contribution in [2.24, 2.45) is 0 Å². The van der Waals surface area contributed by atoms with Crippen LogP contribution in [0.5, 0.6) is 0 Å². The molecule has 0 aliphatic heterocycles. The summed E-state index contributed by atoms with van der Waals surface area (Å²) in [5, 5.41) is 0. The highest BCUT2D eigenvalue weighted by Gasteiger charge is 2.26.